The Labute approximate surface area is 405 Å². The number of hydrogen-bond acceptors (Lipinski definition) is 7. The van der Waals surface area contributed by atoms with E-state index in [0.29, 0.717) is 17.4 Å². The molecular weight excluding hydrogens is 827 g/mol. The summed E-state index contributed by atoms with van der Waals surface area (Å²) in [6, 6.07) is 0. The van der Waals surface area contributed by atoms with Crippen LogP contribution in [-0.4, -0.2) is 87.4 Å². The maximum atomic E-state index is 12.8. The van der Waals surface area contributed by atoms with Crippen LogP contribution in [0.1, 0.15) is 226 Å². The van der Waals surface area contributed by atoms with Crippen LogP contribution in [0.4, 0.5) is 0 Å². The number of carboxylic acid groups (broad SMARTS) is 1. The lowest BCUT2D eigenvalue weighted by molar-refractivity contribution is -0.870. The minimum absolute atomic E-state index is 0.186. The molecule has 0 fully saturated rings. The number of aliphatic carboxylic acids is 1. The van der Waals surface area contributed by atoms with E-state index in [1.165, 1.54) is 116 Å². The average Bonchev–Trinajstić information content (AvgIpc) is 3.28. The van der Waals surface area contributed by atoms with Gasteiger partial charge < -0.3 is 28.5 Å². The molecule has 0 rings (SSSR count). The Hall–Kier alpha value is -3.01. The van der Waals surface area contributed by atoms with Gasteiger partial charge in [0, 0.05) is 12.8 Å². The summed E-state index contributed by atoms with van der Waals surface area (Å²) >= 11 is 0. The summed E-state index contributed by atoms with van der Waals surface area (Å²) in [6.45, 7) is 4.73. The van der Waals surface area contributed by atoms with E-state index in [1.807, 2.05) is 21.1 Å². The smallest absolute Gasteiger partial charge is 0.361 e. The Morgan fingerprint density at radius 2 is 0.864 bits per heavy atom. The molecule has 0 aliphatic heterocycles. The molecule has 0 aliphatic rings. The van der Waals surface area contributed by atoms with Gasteiger partial charge in [-0.25, -0.2) is 4.79 Å². The zero-order valence-corrected chi connectivity index (χ0v) is 43.3. The highest BCUT2D eigenvalue weighted by atomic mass is 16.7. The molecule has 0 saturated carbocycles. The predicted molar refractivity (Wildman–Crippen MR) is 276 cm³/mol. The first-order valence-corrected chi connectivity index (χ1v) is 27.0. The summed E-state index contributed by atoms with van der Waals surface area (Å²) in [7, 11) is 5.96. The van der Waals surface area contributed by atoms with Crippen LogP contribution in [0.5, 0.6) is 0 Å². The molecular formula is C57H102NO8+. The lowest BCUT2D eigenvalue weighted by atomic mass is 10.0. The van der Waals surface area contributed by atoms with Gasteiger partial charge in [-0.1, -0.05) is 197 Å². The Kier molecular flexibility index (Phi) is 46.2. The van der Waals surface area contributed by atoms with Gasteiger partial charge in [0.05, 0.1) is 34.4 Å². The SMILES string of the molecule is CC/C=C\C/C=C\C/C=C\C/C=C\CCCCCCCCCCCCCCCCCCC(=O)OC(COC(=O)CCCCCCC/C=C\CCCCC)COC(OCC[N+](C)(C)C)C(=O)O. The Morgan fingerprint density at radius 1 is 0.470 bits per heavy atom. The van der Waals surface area contributed by atoms with Gasteiger partial charge in [-0.15, -0.1) is 0 Å². The number of unbranched alkanes of at least 4 members (excludes halogenated alkanes) is 24. The maximum absolute atomic E-state index is 12.8. The molecule has 0 aromatic rings. The van der Waals surface area contributed by atoms with E-state index in [-0.39, 0.29) is 32.2 Å². The van der Waals surface area contributed by atoms with Crippen molar-refractivity contribution in [1.82, 2.24) is 0 Å². The molecule has 0 heterocycles. The lowest BCUT2D eigenvalue weighted by Gasteiger charge is -2.25. The number of carbonyl (C=O) groups is 3. The van der Waals surface area contributed by atoms with Crippen LogP contribution in [0.2, 0.25) is 0 Å². The summed E-state index contributed by atoms with van der Waals surface area (Å²) in [4.78, 5) is 37.2. The lowest BCUT2D eigenvalue weighted by Crippen LogP contribution is -2.40. The normalized spacial score (nSPS) is 13.3. The third kappa shape index (κ3) is 48.9. The van der Waals surface area contributed by atoms with Gasteiger partial charge >= 0.3 is 17.9 Å². The highest BCUT2D eigenvalue weighted by molar-refractivity contribution is 5.71. The van der Waals surface area contributed by atoms with Crippen LogP contribution in [0, 0.1) is 0 Å². The van der Waals surface area contributed by atoms with Crippen molar-refractivity contribution in [1.29, 1.82) is 0 Å². The van der Waals surface area contributed by atoms with E-state index in [0.717, 1.165) is 83.5 Å². The molecule has 0 radical (unpaired) electrons. The summed E-state index contributed by atoms with van der Waals surface area (Å²) < 4.78 is 22.8. The van der Waals surface area contributed by atoms with Crippen LogP contribution in [0.3, 0.4) is 0 Å². The minimum Gasteiger partial charge on any atom is -0.477 e. The fraction of sp³-hybridized carbons (Fsp3) is 0.772. The monoisotopic (exact) mass is 929 g/mol. The molecule has 0 spiro atoms. The van der Waals surface area contributed by atoms with Crippen LogP contribution in [-0.2, 0) is 33.3 Å². The largest absolute Gasteiger partial charge is 0.477 e. The van der Waals surface area contributed by atoms with E-state index in [2.05, 4.69) is 74.6 Å². The molecule has 1 N–H and O–H groups in total. The number of rotatable bonds is 49. The molecule has 0 aromatic carbocycles. The standard InChI is InChI=1S/C57H101NO8/c1-6-8-10-12-14-16-18-20-21-22-23-24-25-26-27-28-29-30-31-32-33-34-35-36-38-40-42-44-46-48-55(60)66-53(52-65-57(56(61)62)63-50-49-58(3,4)5)51-64-54(59)47-45-43-41-39-37-19-17-15-13-11-9-7-2/h8,10,14-17,20-21,23-24,53,57H,6-7,9,11-13,18-19,22,25-52H2,1-5H3/p+1/b10-8-,16-14-,17-15-,21-20-,24-23-. The van der Waals surface area contributed by atoms with E-state index in [4.69, 9.17) is 18.9 Å². The van der Waals surface area contributed by atoms with Gasteiger partial charge in [-0.05, 0) is 77.0 Å². The number of esters is 2. The fourth-order valence-corrected chi connectivity index (χ4v) is 7.35. The third-order valence-electron chi connectivity index (χ3n) is 11.5. The van der Waals surface area contributed by atoms with Crippen molar-refractivity contribution in [2.24, 2.45) is 0 Å². The van der Waals surface area contributed by atoms with E-state index in [1.54, 1.807) is 0 Å². The Bertz CT molecular complexity index is 1270. The molecule has 2 unspecified atom stereocenters. The van der Waals surface area contributed by atoms with Gasteiger partial charge in [0.1, 0.15) is 13.2 Å². The Balaban J connectivity index is 4.16. The van der Waals surface area contributed by atoms with Crippen molar-refractivity contribution in [2.75, 3.05) is 47.5 Å². The number of carbonyl (C=O) groups excluding carboxylic acids is 2. The molecule has 0 amide bonds. The first-order valence-electron chi connectivity index (χ1n) is 27.0. The molecule has 0 bridgehead atoms. The van der Waals surface area contributed by atoms with Gasteiger partial charge in [0.15, 0.2) is 6.10 Å². The summed E-state index contributed by atoms with van der Waals surface area (Å²) in [5.41, 5.74) is 0. The molecule has 9 nitrogen and oxygen atoms in total. The van der Waals surface area contributed by atoms with Gasteiger partial charge in [-0.2, -0.15) is 0 Å². The van der Waals surface area contributed by atoms with E-state index >= 15 is 0 Å². The molecule has 9 heteroatoms. The number of ether oxygens (including phenoxy) is 4. The number of hydrogen-bond donors (Lipinski definition) is 1. The third-order valence-corrected chi connectivity index (χ3v) is 11.5. The van der Waals surface area contributed by atoms with Crippen LogP contribution >= 0.6 is 0 Å². The quantitative estimate of drug-likeness (QED) is 0.0211. The maximum Gasteiger partial charge on any atom is 0.361 e. The number of quaternary nitrogens is 1. The van der Waals surface area contributed by atoms with Gasteiger partial charge in [0.2, 0.25) is 0 Å². The van der Waals surface area contributed by atoms with Crippen LogP contribution in [0.15, 0.2) is 60.8 Å². The molecule has 0 saturated heterocycles. The zero-order chi connectivity index (χ0) is 48.4. The Morgan fingerprint density at radius 3 is 1.30 bits per heavy atom. The van der Waals surface area contributed by atoms with Crippen molar-refractivity contribution in [3.8, 4) is 0 Å². The summed E-state index contributed by atoms with van der Waals surface area (Å²) in [5, 5.41) is 9.67. The molecule has 0 aliphatic carbocycles. The second kappa shape index (κ2) is 48.4. The first kappa shape index (κ1) is 63.0. The second-order valence-electron chi connectivity index (χ2n) is 19.2. The van der Waals surface area contributed by atoms with E-state index < -0.39 is 24.3 Å². The molecule has 2 atom stereocenters. The number of allylic oxidation sites excluding steroid dienone is 10. The number of carboxylic acids is 1. The minimum atomic E-state index is -1.51. The zero-order valence-electron chi connectivity index (χ0n) is 43.3. The average molecular weight is 929 g/mol. The van der Waals surface area contributed by atoms with Crippen molar-refractivity contribution in [2.45, 2.75) is 238 Å². The topological polar surface area (TPSA) is 108 Å². The first-order chi connectivity index (χ1) is 32.1. The molecule has 0 aromatic heterocycles. The van der Waals surface area contributed by atoms with Crippen molar-refractivity contribution in [3.05, 3.63) is 60.8 Å². The predicted octanol–water partition coefficient (Wildman–Crippen LogP) is 15.3. The van der Waals surface area contributed by atoms with Crippen LogP contribution < -0.4 is 0 Å². The van der Waals surface area contributed by atoms with Crippen LogP contribution in [0.25, 0.3) is 0 Å². The fourth-order valence-electron chi connectivity index (χ4n) is 7.35. The molecule has 382 valence electrons. The highest BCUT2D eigenvalue weighted by Crippen LogP contribution is 2.16. The molecule has 66 heavy (non-hydrogen) atoms. The number of likely N-dealkylation sites (N-methyl/N-ethyl adjacent to an activating group) is 1. The van der Waals surface area contributed by atoms with Gasteiger partial charge in [-0.3, -0.25) is 9.59 Å². The van der Waals surface area contributed by atoms with Crippen molar-refractivity contribution >= 4 is 17.9 Å². The second-order valence-corrected chi connectivity index (χ2v) is 19.2. The number of nitrogens with zero attached hydrogens (tertiary/aromatic N) is 1. The van der Waals surface area contributed by atoms with E-state index in [9.17, 15) is 19.5 Å². The highest BCUT2D eigenvalue weighted by Gasteiger charge is 2.25. The van der Waals surface area contributed by atoms with Crippen molar-refractivity contribution in [3.63, 3.8) is 0 Å². The summed E-state index contributed by atoms with van der Waals surface area (Å²) in [5.74, 6) is -2.01. The van der Waals surface area contributed by atoms with Gasteiger partial charge in [0.25, 0.3) is 6.29 Å². The van der Waals surface area contributed by atoms with Crippen molar-refractivity contribution < 1.29 is 42.9 Å². The summed E-state index contributed by atoms with van der Waals surface area (Å²) in [6.07, 6.45) is 57.3.